The van der Waals surface area contributed by atoms with Crippen molar-refractivity contribution in [2.45, 2.75) is 46.2 Å². The number of hydrogen-bond acceptors (Lipinski definition) is 5. The first-order chi connectivity index (χ1) is 9.64. The highest BCUT2D eigenvalue weighted by atomic mass is 32.2. The normalized spacial score (nSPS) is 13.0. The quantitative estimate of drug-likeness (QED) is 0.717. The van der Waals surface area contributed by atoms with E-state index in [9.17, 15) is 8.42 Å². The molecule has 0 spiro atoms. The van der Waals surface area contributed by atoms with Crippen LogP contribution in [0.3, 0.4) is 0 Å². The number of nitrogens with one attached hydrogen (secondary N) is 1. The van der Waals surface area contributed by atoms with Crippen molar-refractivity contribution in [1.82, 2.24) is 24.6 Å². The minimum atomic E-state index is -3.09. The van der Waals surface area contributed by atoms with E-state index >= 15 is 0 Å². The van der Waals surface area contributed by atoms with Crippen LogP contribution in [0.25, 0.3) is 0 Å². The summed E-state index contributed by atoms with van der Waals surface area (Å²) in [5.41, 5.74) is 0.822. The lowest BCUT2D eigenvalue weighted by Gasteiger charge is -2.17. The number of aromatic nitrogens is 3. The Bertz CT molecular complexity index is 533. The fourth-order valence-corrected chi connectivity index (χ4v) is 2.79. The van der Waals surface area contributed by atoms with Crippen LogP contribution in [-0.2, 0) is 22.1 Å². The first-order valence-electron chi connectivity index (χ1n) is 7.22. The summed E-state index contributed by atoms with van der Waals surface area (Å²) >= 11 is 0. The standard InChI is InChI=1S/C13H27N5O2S/c1-6-17(21(5,19)20)9-7-8-14-10-12-11-18(16-15-12)13(2,3)4/h11,14H,6-10H2,1-5H3. The first kappa shape index (κ1) is 18.1. The molecule has 0 aliphatic carbocycles. The monoisotopic (exact) mass is 317 g/mol. The van der Waals surface area contributed by atoms with Crippen LogP contribution in [0.5, 0.6) is 0 Å². The second-order valence-corrected chi connectivity index (χ2v) is 8.09. The minimum Gasteiger partial charge on any atom is -0.311 e. The van der Waals surface area contributed by atoms with Gasteiger partial charge in [-0.25, -0.2) is 17.4 Å². The highest BCUT2D eigenvalue weighted by Crippen LogP contribution is 2.11. The molecule has 1 rings (SSSR count). The van der Waals surface area contributed by atoms with E-state index in [-0.39, 0.29) is 5.54 Å². The van der Waals surface area contributed by atoms with Gasteiger partial charge >= 0.3 is 0 Å². The molecule has 0 aromatic carbocycles. The molecule has 0 unspecified atom stereocenters. The SMILES string of the molecule is CCN(CCCNCc1cn(C(C)(C)C)nn1)S(C)(=O)=O. The van der Waals surface area contributed by atoms with Gasteiger partial charge in [0, 0.05) is 19.6 Å². The second kappa shape index (κ2) is 7.33. The van der Waals surface area contributed by atoms with Crippen LogP contribution in [0, 0.1) is 0 Å². The fourth-order valence-electron chi connectivity index (χ4n) is 1.86. The maximum atomic E-state index is 11.4. The Morgan fingerprint density at radius 2 is 2.05 bits per heavy atom. The van der Waals surface area contributed by atoms with Crippen molar-refractivity contribution in [2.75, 3.05) is 25.9 Å². The Kier molecular flexibility index (Phi) is 6.30. The summed E-state index contributed by atoms with van der Waals surface area (Å²) in [6.07, 6.45) is 3.95. The summed E-state index contributed by atoms with van der Waals surface area (Å²) in [7, 11) is -3.09. The van der Waals surface area contributed by atoms with Crippen LogP contribution >= 0.6 is 0 Å². The van der Waals surface area contributed by atoms with Crippen molar-refractivity contribution in [2.24, 2.45) is 0 Å². The van der Waals surface area contributed by atoms with Gasteiger partial charge in [0.2, 0.25) is 10.0 Å². The van der Waals surface area contributed by atoms with E-state index in [0.717, 1.165) is 18.7 Å². The Labute approximate surface area is 127 Å². The second-order valence-electron chi connectivity index (χ2n) is 6.11. The molecule has 1 aromatic heterocycles. The first-order valence-corrected chi connectivity index (χ1v) is 9.07. The third kappa shape index (κ3) is 6.11. The van der Waals surface area contributed by atoms with Gasteiger partial charge in [0.1, 0.15) is 0 Å². The predicted molar refractivity (Wildman–Crippen MR) is 83.4 cm³/mol. The van der Waals surface area contributed by atoms with Gasteiger partial charge in [0.05, 0.1) is 23.7 Å². The molecule has 0 atom stereocenters. The summed E-state index contributed by atoms with van der Waals surface area (Å²) in [4.78, 5) is 0. The van der Waals surface area contributed by atoms with E-state index in [2.05, 4.69) is 36.4 Å². The smallest absolute Gasteiger partial charge is 0.211 e. The molecule has 7 nitrogen and oxygen atoms in total. The van der Waals surface area contributed by atoms with Gasteiger partial charge in [-0.2, -0.15) is 0 Å². The summed E-state index contributed by atoms with van der Waals surface area (Å²) < 4.78 is 26.2. The average molecular weight is 317 g/mol. The summed E-state index contributed by atoms with van der Waals surface area (Å²) in [5, 5.41) is 11.5. The van der Waals surface area contributed by atoms with Crippen molar-refractivity contribution in [1.29, 1.82) is 0 Å². The Hall–Kier alpha value is -0.990. The van der Waals surface area contributed by atoms with Crippen LogP contribution in [0.1, 0.15) is 39.8 Å². The molecule has 0 saturated carbocycles. The van der Waals surface area contributed by atoms with E-state index in [0.29, 0.717) is 19.6 Å². The lowest BCUT2D eigenvalue weighted by Crippen LogP contribution is -2.32. The molecule has 21 heavy (non-hydrogen) atoms. The van der Waals surface area contributed by atoms with Crippen LogP contribution in [0.4, 0.5) is 0 Å². The predicted octanol–water partition coefficient (Wildman–Crippen LogP) is 0.794. The van der Waals surface area contributed by atoms with Gasteiger partial charge in [-0.05, 0) is 33.7 Å². The zero-order chi connectivity index (χ0) is 16.1. The van der Waals surface area contributed by atoms with Gasteiger partial charge in [0.25, 0.3) is 0 Å². The van der Waals surface area contributed by atoms with Crippen molar-refractivity contribution in [3.05, 3.63) is 11.9 Å². The van der Waals surface area contributed by atoms with Crippen LogP contribution in [-0.4, -0.2) is 53.6 Å². The number of nitrogens with zero attached hydrogens (tertiary/aromatic N) is 4. The van der Waals surface area contributed by atoms with Crippen molar-refractivity contribution in [3.63, 3.8) is 0 Å². The highest BCUT2D eigenvalue weighted by Gasteiger charge is 2.15. The molecule has 0 fully saturated rings. The lowest BCUT2D eigenvalue weighted by molar-refractivity contribution is 0.347. The molecule has 1 aromatic rings. The average Bonchev–Trinajstić information content (AvgIpc) is 2.80. The molecule has 0 aliphatic rings. The van der Waals surface area contributed by atoms with Crippen LogP contribution < -0.4 is 5.32 Å². The molecule has 0 bridgehead atoms. The van der Waals surface area contributed by atoms with Gasteiger partial charge in [-0.1, -0.05) is 12.1 Å². The molecule has 1 N–H and O–H groups in total. The van der Waals surface area contributed by atoms with E-state index in [1.165, 1.54) is 10.6 Å². The number of hydrogen-bond donors (Lipinski definition) is 1. The molecular weight excluding hydrogens is 290 g/mol. The van der Waals surface area contributed by atoms with E-state index < -0.39 is 10.0 Å². The van der Waals surface area contributed by atoms with Gasteiger partial charge in [-0.3, -0.25) is 0 Å². The molecule has 1 heterocycles. The van der Waals surface area contributed by atoms with E-state index in [4.69, 9.17) is 0 Å². The largest absolute Gasteiger partial charge is 0.311 e. The van der Waals surface area contributed by atoms with E-state index in [1.54, 1.807) is 0 Å². The molecular formula is C13H27N5O2S. The maximum absolute atomic E-state index is 11.4. The topological polar surface area (TPSA) is 80.1 Å². The van der Waals surface area contributed by atoms with Gasteiger partial charge < -0.3 is 5.32 Å². The minimum absolute atomic E-state index is 0.0671. The van der Waals surface area contributed by atoms with Gasteiger partial charge in [-0.15, -0.1) is 5.10 Å². The Balaban J connectivity index is 2.30. The lowest BCUT2D eigenvalue weighted by atomic mass is 10.1. The zero-order valence-corrected chi connectivity index (χ0v) is 14.4. The molecule has 8 heteroatoms. The fraction of sp³-hybridized carbons (Fsp3) is 0.846. The summed E-state index contributed by atoms with van der Waals surface area (Å²) in [6.45, 7) is 10.5. The van der Waals surface area contributed by atoms with E-state index in [1.807, 2.05) is 17.8 Å². The molecule has 122 valence electrons. The third-order valence-electron chi connectivity index (χ3n) is 3.12. The Morgan fingerprint density at radius 1 is 1.38 bits per heavy atom. The third-order valence-corrected chi connectivity index (χ3v) is 4.50. The molecule has 0 amide bonds. The molecule has 0 radical (unpaired) electrons. The maximum Gasteiger partial charge on any atom is 0.211 e. The zero-order valence-electron chi connectivity index (χ0n) is 13.6. The van der Waals surface area contributed by atoms with Crippen LogP contribution in [0.2, 0.25) is 0 Å². The molecule has 0 aliphatic heterocycles. The number of sulfonamides is 1. The summed E-state index contributed by atoms with van der Waals surface area (Å²) in [5.74, 6) is 0. The highest BCUT2D eigenvalue weighted by molar-refractivity contribution is 7.88. The van der Waals surface area contributed by atoms with Crippen molar-refractivity contribution >= 4 is 10.0 Å². The summed E-state index contributed by atoms with van der Waals surface area (Å²) in [6, 6.07) is 0. The number of rotatable bonds is 8. The van der Waals surface area contributed by atoms with Gasteiger partial charge in [0.15, 0.2) is 0 Å². The van der Waals surface area contributed by atoms with Crippen molar-refractivity contribution in [3.8, 4) is 0 Å². The van der Waals surface area contributed by atoms with Crippen LogP contribution in [0.15, 0.2) is 6.20 Å². The van der Waals surface area contributed by atoms with Crippen molar-refractivity contribution < 1.29 is 8.42 Å². The molecule has 0 saturated heterocycles. The Morgan fingerprint density at radius 3 is 2.52 bits per heavy atom.